The van der Waals surface area contributed by atoms with Gasteiger partial charge < -0.3 is 15.2 Å². The van der Waals surface area contributed by atoms with Crippen molar-refractivity contribution in [3.05, 3.63) is 29.8 Å². The minimum atomic E-state index is -4.16. The molecular formula is C15H22F3NO2. The Balaban J connectivity index is 2.72. The van der Waals surface area contributed by atoms with Crippen molar-refractivity contribution in [3.63, 3.8) is 0 Å². The lowest BCUT2D eigenvalue weighted by Gasteiger charge is -2.25. The summed E-state index contributed by atoms with van der Waals surface area (Å²) in [5, 5.41) is 0. The highest BCUT2D eigenvalue weighted by molar-refractivity contribution is 5.35. The summed E-state index contributed by atoms with van der Waals surface area (Å²) in [6.45, 7) is 1.92. The fourth-order valence-corrected chi connectivity index (χ4v) is 2.04. The first-order valence-corrected chi connectivity index (χ1v) is 6.96. The van der Waals surface area contributed by atoms with Crippen LogP contribution >= 0.6 is 0 Å². The van der Waals surface area contributed by atoms with Gasteiger partial charge in [0, 0.05) is 24.6 Å². The van der Waals surface area contributed by atoms with Gasteiger partial charge in [-0.05, 0) is 18.9 Å². The molecular weight excluding hydrogens is 283 g/mol. The van der Waals surface area contributed by atoms with Crippen molar-refractivity contribution in [2.45, 2.75) is 44.5 Å². The van der Waals surface area contributed by atoms with Crippen LogP contribution in [0.1, 0.15) is 37.9 Å². The highest BCUT2D eigenvalue weighted by Crippen LogP contribution is 2.31. The summed E-state index contributed by atoms with van der Waals surface area (Å²) in [7, 11) is 1.54. The number of methoxy groups -OCH3 is 1. The lowest BCUT2D eigenvalue weighted by molar-refractivity contribution is -0.139. The molecule has 1 aromatic rings. The molecule has 0 heterocycles. The summed E-state index contributed by atoms with van der Waals surface area (Å²) in [6, 6.07) is 6.95. The Morgan fingerprint density at radius 3 is 2.48 bits per heavy atom. The molecule has 1 aromatic carbocycles. The molecule has 0 spiro atoms. The molecule has 0 saturated heterocycles. The minimum Gasteiger partial charge on any atom is -0.496 e. The minimum absolute atomic E-state index is 0.00985. The maximum absolute atomic E-state index is 12.1. The second kappa shape index (κ2) is 8.24. The Labute approximate surface area is 123 Å². The van der Waals surface area contributed by atoms with Crippen molar-refractivity contribution in [1.29, 1.82) is 0 Å². The Morgan fingerprint density at radius 1 is 1.24 bits per heavy atom. The molecule has 0 aromatic heterocycles. The number of benzene rings is 1. The molecule has 0 radical (unpaired) electrons. The first-order valence-electron chi connectivity index (χ1n) is 6.96. The van der Waals surface area contributed by atoms with Gasteiger partial charge in [-0.2, -0.15) is 13.2 Å². The number of halogens is 3. The molecule has 120 valence electrons. The highest BCUT2D eigenvalue weighted by Gasteiger charge is 2.27. The van der Waals surface area contributed by atoms with Crippen molar-refractivity contribution < 1.29 is 22.6 Å². The van der Waals surface area contributed by atoms with Gasteiger partial charge in [0.2, 0.25) is 0 Å². The fourth-order valence-electron chi connectivity index (χ4n) is 2.04. The van der Waals surface area contributed by atoms with Gasteiger partial charge in [0.25, 0.3) is 0 Å². The standard InChI is InChI=1S/C15H22F3NO2/c1-3-12(19)14(21-10-6-9-15(16,17)18)11-7-4-5-8-13(11)20-2/h4-5,7-8,12,14H,3,6,9-10,19H2,1-2H3. The zero-order valence-corrected chi connectivity index (χ0v) is 12.3. The molecule has 6 heteroatoms. The molecule has 2 atom stereocenters. The molecule has 0 aliphatic heterocycles. The average Bonchev–Trinajstić information content (AvgIpc) is 2.45. The van der Waals surface area contributed by atoms with Crippen LogP contribution in [0.4, 0.5) is 13.2 Å². The summed E-state index contributed by atoms with van der Waals surface area (Å²) >= 11 is 0. The molecule has 0 aliphatic rings. The zero-order valence-electron chi connectivity index (χ0n) is 12.3. The smallest absolute Gasteiger partial charge is 0.389 e. The Hall–Kier alpha value is -1.27. The molecule has 0 saturated carbocycles. The van der Waals surface area contributed by atoms with Crippen LogP contribution in [0.3, 0.4) is 0 Å². The molecule has 0 amide bonds. The van der Waals surface area contributed by atoms with E-state index in [0.29, 0.717) is 12.2 Å². The van der Waals surface area contributed by atoms with Gasteiger partial charge in [0.15, 0.2) is 0 Å². The van der Waals surface area contributed by atoms with E-state index in [1.54, 1.807) is 6.07 Å². The number of nitrogens with two attached hydrogens (primary N) is 1. The summed E-state index contributed by atoms with van der Waals surface area (Å²) in [5.41, 5.74) is 6.80. The number of para-hydroxylation sites is 1. The van der Waals surface area contributed by atoms with Gasteiger partial charge in [-0.15, -0.1) is 0 Å². The van der Waals surface area contributed by atoms with E-state index < -0.39 is 18.7 Å². The molecule has 0 fully saturated rings. The summed E-state index contributed by atoms with van der Waals surface area (Å²) in [6.07, 6.45) is -4.91. The Bertz CT molecular complexity index is 424. The SMILES string of the molecule is CCC(N)C(OCCCC(F)(F)F)c1ccccc1OC. The molecule has 21 heavy (non-hydrogen) atoms. The van der Waals surface area contributed by atoms with E-state index in [9.17, 15) is 13.2 Å². The lowest BCUT2D eigenvalue weighted by atomic mass is 10.00. The summed E-state index contributed by atoms with van der Waals surface area (Å²) < 4.78 is 47.3. The maximum Gasteiger partial charge on any atom is 0.389 e. The van der Waals surface area contributed by atoms with Crippen molar-refractivity contribution in [2.24, 2.45) is 5.73 Å². The van der Waals surface area contributed by atoms with Crippen LogP contribution in [0.2, 0.25) is 0 Å². The van der Waals surface area contributed by atoms with Gasteiger partial charge in [-0.25, -0.2) is 0 Å². The van der Waals surface area contributed by atoms with Crippen LogP contribution < -0.4 is 10.5 Å². The van der Waals surface area contributed by atoms with Crippen molar-refractivity contribution in [3.8, 4) is 5.75 Å². The van der Waals surface area contributed by atoms with Crippen LogP contribution in [0, 0.1) is 0 Å². The quantitative estimate of drug-likeness (QED) is 0.742. The first kappa shape index (κ1) is 17.8. The topological polar surface area (TPSA) is 44.5 Å². The number of hydrogen-bond donors (Lipinski definition) is 1. The maximum atomic E-state index is 12.1. The van der Waals surface area contributed by atoms with Gasteiger partial charge >= 0.3 is 6.18 Å². The van der Waals surface area contributed by atoms with Crippen LogP contribution in [0.25, 0.3) is 0 Å². The largest absolute Gasteiger partial charge is 0.496 e. The monoisotopic (exact) mass is 305 g/mol. The highest BCUT2D eigenvalue weighted by atomic mass is 19.4. The molecule has 2 unspecified atom stereocenters. The van der Waals surface area contributed by atoms with Crippen LogP contribution in [0.5, 0.6) is 5.75 Å². The third kappa shape index (κ3) is 5.93. The van der Waals surface area contributed by atoms with Crippen LogP contribution in [-0.2, 0) is 4.74 Å². The molecule has 0 aliphatic carbocycles. The van der Waals surface area contributed by atoms with Crippen molar-refractivity contribution in [2.75, 3.05) is 13.7 Å². The Kier molecular flexibility index (Phi) is 6.98. The lowest BCUT2D eigenvalue weighted by Crippen LogP contribution is -2.30. The van der Waals surface area contributed by atoms with Gasteiger partial charge in [-0.1, -0.05) is 25.1 Å². The van der Waals surface area contributed by atoms with Crippen molar-refractivity contribution in [1.82, 2.24) is 0 Å². The van der Waals surface area contributed by atoms with E-state index in [4.69, 9.17) is 15.2 Å². The average molecular weight is 305 g/mol. The predicted octanol–water partition coefficient (Wildman–Crippen LogP) is 3.83. The number of alkyl halides is 3. The van der Waals surface area contributed by atoms with Crippen molar-refractivity contribution >= 4 is 0 Å². The summed E-state index contributed by atoms with van der Waals surface area (Å²) in [4.78, 5) is 0. The molecule has 3 nitrogen and oxygen atoms in total. The molecule has 1 rings (SSSR count). The summed E-state index contributed by atoms with van der Waals surface area (Å²) in [5.74, 6) is 0.627. The van der Waals surface area contributed by atoms with Gasteiger partial charge in [-0.3, -0.25) is 0 Å². The van der Waals surface area contributed by atoms with E-state index in [-0.39, 0.29) is 19.1 Å². The normalized spacial score (nSPS) is 14.8. The van der Waals surface area contributed by atoms with E-state index in [1.165, 1.54) is 7.11 Å². The zero-order chi connectivity index (χ0) is 15.9. The predicted molar refractivity (Wildman–Crippen MR) is 75.2 cm³/mol. The number of hydrogen-bond acceptors (Lipinski definition) is 3. The Morgan fingerprint density at radius 2 is 1.90 bits per heavy atom. The number of rotatable bonds is 8. The second-order valence-electron chi connectivity index (χ2n) is 4.82. The van der Waals surface area contributed by atoms with Crippen LogP contribution in [0.15, 0.2) is 24.3 Å². The van der Waals surface area contributed by atoms with E-state index in [2.05, 4.69) is 0 Å². The third-order valence-electron chi connectivity index (χ3n) is 3.21. The second-order valence-corrected chi connectivity index (χ2v) is 4.82. The van der Waals surface area contributed by atoms with E-state index in [0.717, 1.165) is 5.56 Å². The van der Waals surface area contributed by atoms with E-state index in [1.807, 2.05) is 25.1 Å². The van der Waals surface area contributed by atoms with Gasteiger partial charge in [0.05, 0.1) is 7.11 Å². The first-order chi connectivity index (χ1) is 9.89. The van der Waals surface area contributed by atoms with Crippen LogP contribution in [-0.4, -0.2) is 25.9 Å². The molecule has 2 N–H and O–H groups in total. The third-order valence-corrected chi connectivity index (χ3v) is 3.21. The fraction of sp³-hybridized carbons (Fsp3) is 0.600. The van der Waals surface area contributed by atoms with Gasteiger partial charge in [0.1, 0.15) is 11.9 Å². The van der Waals surface area contributed by atoms with E-state index >= 15 is 0 Å². The molecule has 0 bridgehead atoms. The number of ether oxygens (including phenoxy) is 2.